The van der Waals surface area contributed by atoms with Gasteiger partial charge in [-0.05, 0) is 106 Å². The molecular weight excluding hydrogens is 901 g/mol. The van der Waals surface area contributed by atoms with E-state index in [0.717, 1.165) is 116 Å². The number of rotatable bonds is 6. The van der Waals surface area contributed by atoms with Gasteiger partial charge >= 0.3 is 0 Å². The minimum Gasteiger partial charge on any atom is -0.456 e. The van der Waals surface area contributed by atoms with E-state index in [1.165, 1.54) is 36.3 Å². The zero-order chi connectivity index (χ0) is 47.0. The molecule has 4 heterocycles. The van der Waals surface area contributed by atoms with E-state index in [1.807, 2.05) is 29.5 Å². The van der Waals surface area contributed by atoms with Crippen LogP contribution in [0, 0.1) is 0 Å². The van der Waals surface area contributed by atoms with Crippen molar-refractivity contribution in [3.05, 3.63) is 231 Å². The molecular formula is C66H38N2O3S. The van der Waals surface area contributed by atoms with Crippen molar-refractivity contribution in [2.24, 2.45) is 0 Å². The van der Waals surface area contributed by atoms with Gasteiger partial charge in [-0.25, -0.2) is 0 Å². The first-order chi connectivity index (χ1) is 35.7. The summed E-state index contributed by atoms with van der Waals surface area (Å²) in [5.74, 6) is 0. The number of furan rings is 3. The molecule has 0 unspecified atom stereocenters. The van der Waals surface area contributed by atoms with E-state index >= 15 is 0 Å². The molecule has 336 valence electrons. The first kappa shape index (κ1) is 39.5. The molecule has 0 atom stereocenters. The zero-order valence-electron chi connectivity index (χ0n) is 38.5. The van der Waals surface area contributed by atoms with Crippen LogP contribution in [0.3, 0.4) is 0 Å². The normalized spacial score (nSPS) is 12.2. The summed E-state index contributed by atoms with van der Waals surface area (Å²) in [6.07, 6.45) is 0. The van der Waals surface area contributed by atoms with Crippen LogP contribution in [-0.2, 0) is 0 Å². The molecule has 0 aliphatic rings. The van der Waals surface area contributed by atoms with Crippen LogP contribution in [0.25, 0.3) is 118 Å². The van der Waals surface area contributed by atoms with E-state index < -0.39 is 0 Å². The molecule has 0 aliphatic carbocycles. The highest BCUT2D eigenvalue weighted by atomic mass is 32.1. The van der Waals surface area contributed by atoms with Crippen LogP contribution in [0.1, 0.15) is 0 Å². The third-order valence-electron chi connectivity index (χ3n) is 14.7. The SMILES string of the molecule is c1ccc(N(c2ccc3c(c2)oc2cc4cc5sc6cc(N(c7ccccc7)c7cc8oc9ccccc9c8c8ccccc78)ccc6c5cc4cc23)c2cc3oc4ccccc4c3c3ccccc23)cc1. The van der Waals surface area contributed by atoms with E-state index in [9.17, 15) is 0 Å². The van der Waals surface area contributed by atoms with Gasteiger partial charge in [-0.2, -0.15) is 0 Å². The molecule has 16 rings (SSSR count). The van der Waals surface area contributed by atoms with Gasteiger partial charge in [-0.3, -0.25) is 0 Å². The largest absolute Gasteiger partial charge is 0.456 e. The molecule has 0 bridgehead atoms. The topological polar surface area (TPSA) is 45.9 Å². The van der Waals surface area contributed by atoms with E-state index in [4.69, 9.17) is 13.3 Å². The molecule has 0 saturated carbocycles. The maximum atomic E-state index is 6.84. The highest BCUT2D eigenvalue weighted by Gasteiger charge is 2.24. The van der Waals surface area contributed by atoms with Crippen molar-refractivity contribution in [2.45, 2.75) is 0 Å². The molecule has 0 aliphatic heterocycles. The van der Waals surface area contributed by atoms with Crippen molar-refractivity contribution < 1.29 is 13.3 Å². The highest BCUT2D eigenvalue weighted by molar-refractivity contribution is 7.26. The monoisotopic (exact) mass is 938 g/mol. The van der Waals surface area contributed by atoms with Crippen molar-refractivity contribution in [3.8, 4) is 0 Å². The Kier molecular flexibility index (Phi) is 8.26. The predicted molar refractivity (Wildman–Crippen MR) is 303 cm³/mol. The summed E-state index contributed by atoms with van der Waals surface area (Å²) < 4.78 is 22.4. The standard InChI is InChI=1S/C66H38N2O3S/c1-3-15-41(16-4-1)67(55-37-61-65(49-21-9-7-19-45(49)55)51-23-11-13-25-57(51)69-61)43-27-29-47-53-31-39-32-54-48-30-28-44(36-64(48)72-63(54)34-40(39)33-59(53)71-60(47)35-43)68(42-17-5-2-6-18-42)56-38-62-66(50-22-10-8-20-46(50)56)52-24-12-14-26-58(52)70-62/h1-38H. The number of benzene rings is 12. The van der Waals surface area contributed by atoms with Crippen LogP contribution in [0.5, 0.6) is 0 Å². The van der Waals surface area contributed by atoms with Crippen molar-refractivity contribution in [3.63, 3.8) is 0 Å². The predicted octanol–water partition coefficient (Wildman–Crippen LogP) is 20.2. The van der Waals surface area contributed by atoms with Crippen molar-refractivity contribution in [1.29, 1.82) is 0 Å². The number of para-hydroxylation sites is 4. The van der Waals surface area contributed by atoms with Gasteiger partial charge in [0.05, 0.1) is 11.4 Å². The summed E-state index contributed by atoms with van der Waals surface area (Å²) in [6, 6.07) is 82.4. The Morgan fingerprint density at radius 1 is 0.250 bits per heavy atom. The van der Waals surface area contributed by atoms with Gasteiger partial charge in [-0.1, -0.05) is 127 Å². The third-order valence-corrected chi connectivity index (χ3v) is 15.9. The van der Waals surface area contributed by atoms with Gasteiger partial charge < -0.3 is 23.1 Å². The number of hydrogen-bond acceptors (Lipinski definition) is 6. The maximum Gasteiger partial charge on any atom is 0.138 e. The summed E-state index contributed by atoms with van der Waals surface area (Å²) in [5, 5.41) is 16.1. The van der Waals surface area contributed by atoms with E-state index in [0.29, 0.717) is 0 Å². The molecule has 4 aromatic heterocycles. The van der Waals surface area contributed by atoms with Crippen LogP contribution < -0.4 is 9.80 Å². The Morgan fingerprint density at radius 2 is 0.694 bits per heavy atom. The number of thiophene rings is 1. The Hall–Kier alpha value is -9.36. The second-order valence-electron chi connectivity index (χ2n) is 18.8. The molecule has 5 nitrogen and oxygen atoms in total. The molecule has 0 fully saturated rings. The van der Waals surface area contributed by atoms with Crippen LogP contribution in [0.4, 0.5) is 34.1 Å². The van der Waals surface area contributed by atoms with Crippen LogP contribution in [0.15, 0.2) is 244 Å². The lowest BCUT2D eigenvalue weighted by molar-refractivity contribution is 0.668. The number of anilines is 6. The molecule has 6 heteroatoms. The molecule has 0 amide bonds. The van der Waals surface area contributed by atoms with Crippen molar-refractivity contribution in [2.75, 3.05) is 9.80 Å². The molecule has 0 N–H and O–H groups in total. The van der Waals surface area contributed by atoms with Crippen molar-refractivity contribution in [1.82, 2.24) is 0 Å². The van der Waals surface area contributed by atoms with Gasteiger partial charge in [0, 0.05) is 104 Å². The van der Waals surface area contributed by atoms with E-state index in [2.05, 4.69) is 222 Å². The lowest BCUT2D eigenvalue weighted by atomic mass is 10.0. The first-order valence-electron chi connectivity index (χ1n) is 24.3. The molecule has 0 radical (unpaired) electrons. The smallest absolute Gasteiger partial charge is 0.138 e. The Bertz CT molecular complexity index is 4580. The lowest BCUT2D eigenvalue weighted by Gasteiger charge is -2.27. The Balaban J connectivity index is 0.823. The third kappa shape index (κ3) is 5.81. The van der Waals surface area contributed by atoms with Crippen molar-refractivity contribution >= 4 is 164 Å². The molecule has 72 heavy (non-hydrogen) atoms. The fraction of sp³-hybridized carbons (Fsp3) is 0. The van der Waals surface area contributed by atoms with Gasteiger partial charge in [0.1, 0.15) is 33.5 Å². The maximum absolute atomic E-state index is 6.84. The van der Waals surface area contributed by atoms with Crippen LogP contribution >= 0.6 is 11.3 Å². The molecule has 0 spiro atoms. The van der Waals surface area contributed by atoms with Gasteiger partial charge in [0.2, 0.25) is 0 Å². The Morgan fingerprint density at radius 3 is 1.29 bits per heavy atom. The number of nitrogens with zero attached hydrogens (tertiary/aromatic N) is 2. The Labute approximate surface area is 415 Å². The summed E-state index contributed by atoms with van der Waals surface area (Å²) >= 11 is 1.83. The van der Waals surface area contributed by atoms with Gasteiger partial charge in [0.25, 0.3) is 0 Å². The summed E-state index contributed by atoms with van der Waals surface area (Å²) in [6.45, 7) is 0. The van der Waals surface area contributed by atoms with Crippen LogP contribution in [-0.4, -0.2) is 0 Å². The van der Waals surface area contributed by atoms with E-state index in [1.54, 1.807) is 0 Å². The van der Waals surface area contributed by atoms with Gasteiger partial charge in [-0.15, -0.1) is 11.3 Å². The fourth-order valence-electron chi connectivity index (χ4n) is 11.6. The van der Waals surface area contributed by atoms with Crippen LogP contribution in [0.2, 0.25) is 0 Å². The molecule has 12 aromatic carbocycles. The van der Waals surface area contributed by atoms with Gasteiger partial charge in [0.15, 0.2) is 0 Å². The number of fused-ring (bicyclic) bond motifs is 17. The second kappa shape index (κ2) is 15.1. The summed E-state index contributed by atoms with van der Waals surface area (Å²) in [4.78, 5) is 4.70. The average molecular weight is 939 g/mol. The quantitative estimate of drug-likeness (QED) is 0.166. The average Bonchev–Trinajstić information content (AvgIpc) is 4.20. The molecule has 16 aromatic rings. The summed E-state index contributed by atoms with van der Waals surface area (Å²) in [5.41, 5.74) is 11.5. The van der Waals surface area contributed by atoms with E-state index in [-0.39, 0.29) is 0 Å². The second-order valence-corrected chi connectivity index (χ2v) is 19.9. The first-order valence-corrected chi connectivity index (χ1v) is 25.1. The molecule has 0 saturated heterocycles. The fourth-order valence-corrected chi connectivity index (χ4v) is 12.7. The minimum atomic E-state index is 0.836. The summed E-state index contributed by atoms with van der Waals surface area (Å²) in [7, 11) is 0. The highest BCUT2D eigenvalue weighted by Crippen LogP contribution is 2.49. The number of hydrogen-bond donors (Lipinski definition) is 0. The zero-order valence-corrected chi connectivity index (χ0v) is 39.3. The lowest BCUT2D eigenvalue weighted by Crippen LogP contribution is -2.10. The minimum absolute atomic E-state index is 0.836.